The molecular formula is C28H34N4O2. The summed E-state index contributed by atoms with van der Waals surface area (Å²) in [6, 6.07) is 22.9. The second kappa shape index (κ2) is 12.0. The van der Waals surface area contributed by atoms with E-state index in [0.717, 1.165) is 36.4 Å². The van der Waals surface area contributed by atoms with Crippen molar-refractivity contribution in [2.45, 2.75) is 13.8 Å². The van der Waals surface area contributed by atoms with Crippen LogP contribution >= 0.6 is 0 Å². The molecule has 0 unspecified atom stereocenters. The van der Waals surface area contributed by atoms with Gasteiger partial charge < -0.3 is 20.4 Å². The first-order chi connectivity index (χ1) is 16.4. The largest absolute Gasteiger partial charge is 0.377 e. The van der Waals surface area contributed by atoms with Crippen LogP contribution in [0.25, 0.3) is 11.1 Å². The van der Waals surface area contributed by atoms with E-state index in [9.17, 15) is 9.59 Å². The van der Waals surface area contributed by atoms with Crippen LogP contribution in [0.1, 0.15) is 34.6 Å². The average Bonchev–Trinajstić information content (AvgIpc) is 2.87. The van der Waals surface area contributed by atoms with E-state index in [-0.39, 0.29) is 11.8 Å². The quantitative estimate of drug-likeness (QED) is 0.460. The fourth-order valence-corrected chi connectivity index (χ4v) is 3.80. The molecule has 0 aromatic heterocycles. The molecule has 0 aliphatic heterocycles. The van der Waals surface area contributed by atoms with Crippen molar-refractivity contribution in [2.24, 2.45) is 0 Å². The molecule has 0 saturated carbocycles. The van der Waals surface area contributed by atoms with Crippen molar-refractivity contribution in [1.29, 1.82) is 0 Å². The number of anilines is 2. The number of likely N-dealkylation sites (N-methyl/N-ethyl adjacent to an activating group) is 1. The molecule has 0 atom stereocenters. The molecule has 0 radical (unpaired) electrons. The van der Waals surface area contributed by atoms with Gasteiger partial charge in [0.25, 0.3) is 11.8 Å². The maximum absolute atomic E-state index is 12.9. The van der Waals surface area contributed by atoms with E-state index in [2.05, 4.69) is 29.4 Å². The highest BCUT2D eigenvalue weighted by Crippen LogP contribution is 2.24. The minimum Gasteiger partial charge on any atom is -0.377 e. The number of hydrogen-bond acceptors (Lipinski definition) is 4. The Morgan fingerprint density at radius 2 is 1.44 bits per heavy atom. The number of nitrogens with zero attached hydrogens (tertiary/aromatic N) is 2. The fraction of sp³-hybridized carbons (Fsp3) is 0.286. The second-order valence-corrected chi connectivity index (χ2v) is 8.31. The number of benzene rings is 3. The lowest BCUT2D eigenvalue weighted by atomic mass is 10.0. The number of nitrogens with one attached hydrogen (secondary N) is 2. The highest BCUT2D eigenvalue weighted by molar-refractivity contribution is 6.06. The Morgan fingerprint density at radius 3 is 2.06 bits per heavy atom. The van der Waals surface area contributed by atoms with Crippen LogP contribution in [0.5, 0.6) is 0 Å². The summed E-state index contributed by atoms with van der Waals surface area (Å²) in [5.74, 6) is -0.371. The van der Waals surface area contributed by atoms with Gasteiger partial charge in [0, 0.05) is 44.1 Å². The molecule has 2 N–H and O–H groups in total. The zero-order valence-electron chi connectivity index (χ0n) is 20.5. The van der Waals surface area contributed by atoms with E-state index < -0.39 is 0 Å². The van der Waals surface area contributed by atoms with Gasteiger partial charge in [0.2, 0.25) is 0 Å². The number of amides is 2. The van der Waals surface area contributed by atoms with Crippen molar-refractivity contribution in [3.8, 4) is 11.1 Å². The van der Waals surface area contributed by atoms with Gasteiger partial charge in [-0.2, -0.15) is 0 Å². The number of rotatable bonds is 10. The van der Waals surface area contributed by atoms with Gasteiger partial charge in [-0.05, 0) is 54.5 Å². The molecule has 0 heterocycles. The number of carbonyl (C=O) groups excluding carboxylic acids is 2. The zero-order chi connectivity index (χ0) is 24.5. The first-order valence-electron chi connectivity index (χ1n) is 11.7. The van der Waals surface area contributed by atoms with Gasteiger partial charge in [0.15, 0.2) is 0 Å². The van der Waals surface area contributed by atoms with Crippen LogP contribution in [-0.2, 0) is 0 Å². The van der Waals surface area contributed by atoms with Gasteiger partial charge in [-0.15, -0.1) is 0 Å². The summed E-state index contributed by atoms with van der Waals surface area (Å²) >= 11 is 0. The lowest BCUT2D eigenvalue weighted by Gasteiger charge is -2.20. The molecule has 0 fully saturated rings. The van der Waals surface area contributed by atoms with Crippen molar-refractivity contribution in [3.63, 3.8) is 0 Å². The molecule has 178 valence electrons. The van der Waals surface area contributed by atoms with Crippen LogP contribution in [0.4, 0.5) is 11.4 Å². The molecule has 2 amide bonds. The van der Waals surface area contributed by atoms with Gasteiger partial charge >= 0.3 is 0 Å². The van der Waals surface area contributed by atoms with Crippen LogP contribution in [0, 0.1) is 0 Å². The third-order valence-corrected chi connectivity index (χ3v) is 5.84. The van der Waals surface area contributed by atoms with Crippen LogP contribution in [0.2, 0.25) is 0 Å². The van der Waals surface area contributed by atoms with E-state index in [1.165, 1.54) is 0 Å². The molecule has 0 bridgehead atoms. The summed E-state index contributed by atoms with van der Waals surface area (Å²) < 4.78 is 0. The molecule has 34 heavy (non-hydrogen) atoms. The van der Waals surface area contributed by atoms with E-state index in [4.69, 9.17) is 0 Å². The van der Waals surface area contributed by atoms with E-state index in [1.54, 1.807) is 6.07 Å². The summed E-state index contributed by atoms with van der Waals surface area (Å²) in [6.45, 7) is 7.48. The molecule has 0 aliphatic carbocycles. The van der Waals surface area contributed by atoms with Gasteiger partial charge in [-0.3, -0.25) is 9.59 Å². The monoisotopic (exact) mass is 458 g/mol. The smallest absolute Gasteiger partial charge is 0.255 e. The maximum atomic E-state index is 12.9. The average molecular weight is 459 g/mol. The molecule has 3 aromatic rings. The first-order valence-corrected chi connectivity index (χ1v) is 11.7. The zero-order valence-corrected chi connectivity index (χ0v) is 20.5. The van der Waals surface area contributed by atoms with Gasteiger partial charge in [0.1, 0.15) is 0 Å². The van der Waals surface area contributed by atoms with Gasteiger partial charge in [-0.25, -0.2) is 0 Å². The topological polar surface area (TPSA) is 64.7 Å². The summed E-state index contributed by atoms with van der Waals surface area (Å²) in [5.41, 5.74) is 4.62. The summed E-state index contributed by atoms with van der Waals surface area (Å²) in [5, 5.41) is 5.93. The number of carbonyl (C=O) groups is 2. The summed E-state index contributed by atoms with van der Waals surface area (Å²) in [7, 11) is 3.79. The third-order valence-electron chi connectivity index (χ3n) is 5.84. The van der Waals surface area contributed by atoms with Crippen LogP contribution < -0.4 is 15.5 Å². The molecular weight excluding hydrogens is 424 g/mol. The predicted octanol–water partition coefficient (Wildman–Crippen LogP) is 4.74. The van der Waals surface area contributed by atoms with E-state index in [1.807, 2.05) is 85.7 Å². The third kappa shape index (κ3) is 6.45. The summed E-state index contributed by atoms with van der Waals surface area (Å²) in [6.07, 6.45) is 0. The second-order valence-electron chi connectivity index (χ2n) is 8.31. The van der Waals surface area contributed by atoms with Crippen molar-refractivity contribution in [2.75, 3.05) is 50.5 Å². The maximum Gasteiger partial charge on any atom is 0.255 e. The van der Waals surface area contributed by atoms with Crippen molar-refractivity contribution in [3.05, 3.63) is 83.9 Å². The molecule has 3 rings (SSSR count). The summed E-state index contributed by atoms with van der Waals surface area (Å²) in [4.78, 5) is 29.9. The molecule has 0 spiro atoms. The molecule has 0 saturated heterocycles. The van der Waals surface area contributed by atoms with Crippen molar-refractivity contribution in [1.82, 2.24) is 10.2 Å². The Labute approximate surface area is 202 Å². The van der Waals surface area contributed by atoms with Crippen LogP contribution in [0.15, 0.2) is 72.8 Å². The highest BCUT2D eigenvalue weighted by atomic mass is 16.2. The standard InChI is InChI=1S/C28H34N4O2/c1-5-32(6-2)19-18-29-28(34)25-20-24(16-17-26(25)31(3)4)30-27(33)23-14-12-22(13-15-23)21-10-8-7-9-11-21/h7-17,20H,5-6,18-19H2,1-4H3,(H,29,34)(H,30,33). The Morgan fingerprint density at radius 1 is 0.794 bits per heavy atom. The Bertz CT molecular complexity index is 1090. The predicted molar refractivity (Wildman–Crippen MR) is 141 cm³/mol. The fourth-order valence-electron chi connectivity index (χ4n) is 3.80. The van der Waals surface area contributed by atoms with E-state index in [0.29, 0.717) is 23.4 Å². The minimum absolute atomic E-state index is 0.154. The Hall–Kier alpha value is -3.64. The van der Waals surface area contributed by atoms with Crippen LogP contribution in [-0.4, -0.2) is 57.0 Å². The van der Waals surface area contributed by atoms with Crippen molar-refractivity contribution < 1.29 is 9.59 Å². The highest BCUT2D eigenvalue weighted by Gasteiger charge is 2.15. The normalized spacial score (nSPS) is 10.7. The molecule has 6 heteroatoms. The van der Waals surface area contributed by atoms with Gasteiger partial charge in [0.05, 0.1) is 5.56 Å². The van der Waals surface area contributed by atoms with Crippen molar-refractivity contribution >= 4 is 23.2 Å². The number of hydrogen-bond donors (Lipinski definition) is 2. The van der Waals surface area contributed by atoms with Crippen LogP contribution in [0.3, 0.4) is 0 Å². The lowest BCUT2D eigenvalue weighted by Crippen LogP contribution is -2.35. The SMILES string of the molecule is CCN(CC)CCNC(=O)c1cc(NC(=O)c2ccc(-c3ccccc3)cc2)ccc1N(C)C. The lowest BCUT2D eigenvalue weighted by molar-refractivity contribution is 0.0948. The molecule has 0 aliphatic rings. The van der Waals surface area contributed by atoms with E-state index >= 15 is 0 Å². The molecule has 3 aromatic carbocycles. The Kier molecular flexibility index (Phi) is 8.82. The first kappa shape index (κ1) is 25.0. The Balaban J connectivity index is 1.72. The van der Waals surface area contributed by atoms with Gasteiger partial charge in [-0.1, -0.05) is 56.3 Å². The minimum atomic E-state index is -0.217. The molecule has 6 nitrogen and oxygen atoms in total.